The van der Waals surface area contributed by atoms with Crippen LogP contribution < -0.4 is 0 Å². The number of hydrogen-bond donors (Lipinski definition) is 0. The van der Waals surface area contributed by atoms with Crippen molar-refractivity contribution in [2.45, 2.75) is 0 Å². The van der Waals surface area contributed by atoms with Crippen molar-refractivity contribution in [3.8, 4) is 34.2 Å². The highest BCUT2D eigenvalue weighted by molar-refractivity contribution is 6.26. The van der Waals surface area contributed by atoms with E-state index in [2.05, 4.69) is 143 Å². The largest absolute Gasteiger partial charge is 0.309 e. The van der Waals surface area contributed by atoms with Crippen molar-refractivity contribution < 1.29 is 0 Å². The van der Waals surface area contributed by atoms with Crippen LogP contribution >= 0.6 is 0 Å². The maximum Gasteiger partial charge on any atom is 0.162 e. The van der Waals surface area contributed by atoms with Crippen molar-refractivity contribution in [3.05, 3.63) is 158 Å². The fourth-order valence-electron chi connectivity index (χ4n) is 6.62. The third-order valence-corrected chi connectivity index (χ3v) is 8.53. The molecule has 0 aliphatic heterocycles. The molecule has 0 atom stereocenters. The molecule has 44 heavy (non-hydrogen) atoms. The SMILES string of the molecule is c1ccc(-c2cc(-n3c4ccccc4c4c3ccc3c5ccccc5n(-c5ccccc5)c34)nc(-c3ccccc3)n2)cc1. The van der Waals surface area contributed by atoms with Crippen LogP contribution in [-0.2, 0) is 0 Å². The lowest BCUT2D eigenvalue weighted by atomic mass is 10.1. The van der Waals surface area contributed by atoms with E-state index in [-0.39, 0.29) is 0 Å². The zero-order valence-electron chi connectivity index (χ0n) is 23.8. The Morgan fingerprint density at radius 3 is 1.73 bits per heavy atom. The quantitative estimate of drug-likeness (QED) is 0.214. The Labute approximate surface area is 254 Å². The van der Waals surface area contributed by atoms with Crippen LogP contribution in [0.1, 0.15) is 0 Å². The van der Waals surface area contributed by atoms with Gasteiger partial charge < -0.3 is 4.57 Å². The number of rotatable bonds is 4. The van der Waals surface area contributed by atoms with Crippen LogP contribution in [0.5, 0.6) is 0 Å². The molecule has 0 aliphatic rings. The summed E-state index contributed by atoms with van der Waals surface area (Å²) in [7, 11) is 0. The molecule has 0 N–H and O–H groups in total. The molecule has 0 radical (unpaired) electrons. The van der Waals surface area contributed by atoms with Crippen LogP contribution in [0.2, 0.25) is 0 Å². The molecule has 0 fully saturated rings. The molecule has 4 nitrogen and oxygen atoms in total. The molecule has 6 aromatic carbocycles. The first-order valence-corrected chi connectivity index (χ1v) is 14.9. The summed E-state index contributed by atoms with van der Waals surface area (Å²) in [5.41, 5.74) is 8.68. The summed E-state index contributed by atoms with van der Waals surface area (Å²) in [5.74, 6) is 1.54. The van der Waals surface area contributed by atoms with Gasteiger partial charge in [0.1, 0.15) is 5.82 Å². The second kappa shape index (κ2) is 9.79. The van der Waals surface area contributed by atoms with Gasteiger partial charge in [-0.05, 0) is 30.3 Å². The molecule has 3 heterocycles. The number of fused-ring (bicyclic) bond motifs is 7. The smallest absolute Gasteiger partial charge is 0.162 e. The van der Waals surface area contributed by atoms with Gasteiger partial charge in [-0.3, -0.25) is 4.57 Å². The molecule has 206 valence electrons. The zero-order valence-corrected chi connectivity index (χ0v) is 23.8. The highest BCUT2D eigenvalue weighted by Crippen LogP contribution is 2.42. The van der Waals surface area contributed by atoms with Crippen molar-refractivity contribution in [1.29, 1.82) is 0 Å². The number of para-hydroxylation sites is 3. The Balaban J connectivity index is 1.43. The van der Waals surface area contributed by atoms with Crippen LogP contribution in [0.4, 0.5) is 0 Å². The minimum absolute atomic E-state index is 0.701. The van der Waals surface area contributed by atoms with Gasteiger partial charge in [-0.25, -0.2) is 9.97 Å². The highest BCUT2D eigenvalue weighted by Gasteiger charge is 2.22. The summed E-state index contributed by atoms with van der Waals surface area (Å²) in [6.45, 7) is 0. The van der Waals surface area contributed by atoms with E-state index >= 15 is 0 Å². The summed E-state index contributed by atoms with van der Waals surface area (Å²) >= 11 is 0. The van der Waals surface area contributed by atoms with Crippen molar-refractivity contribution >= 4 is 43.6 Å². The molecule has 4 heteroatoms. The topological polar surface area (TPSA) is 35.6 Å². The van der Waals surface area contributed by atoms with E-state index in [4.69, 9.17) is 9.97 Å². The molecule has 0 saturated heterocycles. The Bertz CT molecular complexity index is 2420. The zero-order chi connectivity index (χ0) is 29.0. The van der Waals surface area contributed by atoms with Gasteiger partial charge in [-0.1, -0.05) is 121 Å². The van der Waals surface area contributed by atoms with Gasteiger partial charge in [-0.2, -0.15) is 0 Å². The average molecular weight is 563 g/mol. The molecule has 0 spiro atoms. The molecule has 0 saturated carbocycles. The Hall–Kier alpha value is -6.00. The monoisotopic (exact) mass is 562 g/mol. The van der Waals surface area contributed by atoms with Gasteiger partial charge in [0.25, 0.3) is 0 Å². The van der Waals surface area contributed by atoms with E-state index in [1.807, 2.05) is 24.3 Å². The molecule has 3 aromatic heterocycles. The fourth-order valence-corrected chi connectivity index (χ4v) is 6.62. The van der Waals surface area contributed by atoms with Crippen LogP contribution in [0.3, 0.4) is 0 Å². The summed E-state index contributed by atoms with van der Waals surface area (Å²) in [4.78, 5) is 10.3. The second-order valence-corrected chi connectivity index (χ2v) is 11.1. The third-order valence-electron chi connectivity index (χ3n) is 8.53. The predicted octanol–water partition coefficient (Wildman–Crippen LogP) is 10.0. The minimum Gasteiger partial charge on any atom is -0.309 e. The van der Waals surface area contributed by atoms with Gasteiger partial charge >= 0.3 is 0 Å². The Morgan fingerprint density at radius 2 is 1.00 bits per heavy atom. The number of nitrogens with zero attached hydrogens (tertiary/aromatic N) is 4. The van der Waals surface area contributed by atoms with Crippen molar-refractivity contribution in [2.24, 2.45) is 0 Å². The predicted molar refractivity (Wildman–Crippen MR) is 182 cm³/mol. The normalized spacial score (nSPS) is 11.6. The molecular formula is C40H26N4. The third kappa shape index (κ3) is 3.71. The number of hydrogen-bond acceptors (Lipinski definition) is 2. The van der Waals surface area contributed by atoms with Gasteiger partial charge in [0.2, 0.25) is 0 Å². The first-order chi connectivity index (χ1) is 21.8. The van der Waals surface area contributed by atoms with Crippen LogP contribution in [0.25, 0.3) is 77.8 Å². The van der Waals surface area contributed by atoms with Crippen molar-refractivity contribution in [3.63, 3.8) is 0 Å². The van der Waals surface area contributed by atoms with Crippen LogP contribution in [0, 0.1) is 0 Å². The number of benzene rings is 6. The first kappa shape index (κ1) is 24.6. The Morgan fingerprint density at radius 1 is 0.409 bits per heavy atom. The van der Waals surface area contributed by atoms with Gasteiger partial charge in [-0.15, -0.1) is 0 Å². The molecule has 9 aromatic rings. The molecule has 0 bridgehead atoms. The summed E-state index contributed by atoms with van der Waals surface area (Å²) < 4.78 is 4.71. The van der Waals surface area contributed by atoms with E-state index in [1.165, 1.54) is 32.6 Å². The lowest BCUT2D eigenvalue weighted by Crippen LogP contribution is -2.02. The molecule has 0 amide bonds. The summed E-state index contributed by atoms with van der Waals surface area (Å²) in [5, 5.41) is 4.87. The van der Waals surface area contributed by atoms with Gasteiger partial charge in [0.05, 0.1) is 27.8 Å². The molecule has 0 aliphatic carbocycles. The average Bonchev–Trinajstić information content (AvgIpc) is 3.62. The van der Waals surface area contributed by atoms with E-state index in [0.717, 1.165) is 39.4 Å². The second-order valence-electron chi connectivity index (χ2n) is 11.1. The lowest BCUT2D eigenvalue weighted by molar-refractivity contribution is 1.05. The van der Waals surface area contributed by atoms with Crippen molar-refractivity contribution in [1.82, 2.24) is 19.1 Å². The van der Waals surface area contributed by atoms with Gasteiger partial charge in [0, 0.05) is 44.4 Å². The van der Waals surface area contributed by atoms with E-state index in [1.54, 1.807) is 0 Å². The molecule has 0 unspecified atom stereocenters. The lowest BCUT2D eigenvalue weighted by Gasteiger charge is -2.12. The number of aromatic nitrogens is 4. The summed E-state index contributed by atoms with van der Waals surface area (Å²) in [6, 6.07) is 55.3. The standard InChI is InChI=1S/C40H26N4/c1-4-14-27(15-5-1)33-26-37(42-40(41-33)28-16-6-2-7-17-28)44-35-23-13-11-21-32(35)38-36(44)25-24-31-30-20-10-12-22-34(30)43(39(31)38)29-18-8-3-9-19-29/h1-26H. The van der Waals surface area contributed by atoms with E-state index in [0.29, 0.717) is 5.82 Å². The van der Waals surface area contributed by atoms with Crippen LogP contribution in [0.15, 0.2) is 158 Å². The fraction of sp³-hybridized carbons (Fsp3) is 0. The van der Waals surface area contributed by atoms with Gasteiger partial charge in [0.15, 0.2) is 5.82 Å². The minimum atomic E-state index is 0.701. The maximum atomic E-state index is 5.22. The molecule has 9 rings (SSSR count). The summed E-state index contributed by atoms with van der Waals surface area (Å²) in [6.07, 6.45) is 0. The van der Waals surface area contributed by atoms with Crippen LogP contribution in [-0.4, -0.2) is 19.1 Å². The first-order valence-electron chi connectivity index (χ1n) is 14.9. The van der Waals surface area contributed by atoms with E-state index in [9.17, 15) is 0 Å². The Kier molecular flexibility index (Phi) is 5.47. The molecular weight excluding hydrogens is 536 g/mol. The highest BCUT2D eigenvalue weighted by atomic mass is 15.1. The van der Waals surface area contributed by atoms with E-state index < -0.39 is 0 Å². The van der Waals surface area contributed by atoms with Crippen molar-refractivity contribution in [2.75, 3.05) is 0 Å². The maximum absolute atomic E-state index is 5.22.